The molecule has 6 atom stereocenters. The molecule has 53 heavy (non-hydrogen) atoms. The second-order valence-corrected chi connectivity index (χ2v) is 25.4. The van der Waals surface area contributed by atoms with Crippen molar-refractivity contribution in [3.05, 3.63) is 70.3 Å². The summed E-state index contributed by atoms with van der Waals surface area (Å²) in [5.74, 6) is 6.42. The number of anilines is 1. The molecule has 0 saturated heterocycles. The van der Waals surface area contributed by atoms with Gasteiger partial charge >= 0.3 is 0 Å². The van der Waals surface area contributed by atoms with Crippen molar-refractivity contribution >= 4 is 41.5 Å². The van der Waals surface area contributed by atoms with E-state index in [1.54, 1.807) is 25.1 Å². The first-order chi connectivity index (χ1) is 24.9. The van der Waals surface area contributed by atoms with Crippen molar-refractivity contribution in [2.45, 2.75) is 113 Å². The molecule has 2 saturated carbocycles. The van der Waals surface area contributed by atoms with Crippen LogP contribution < -0.4 is 14.4 Å². The molecule has 2 aliphatic heterocycles. The zero-order valence-corrected chi connectivity index (χ0v) is 34.6. The maximum Gasteiger partial charge on any atom is 0.264 e. The highest BCUT2D eigenvalue weighted by molar-refractivity contribution is 7.91. The minimum absolute atomic E-state index is 0.0974. The molecule has 1 amide bonds. The largest absolute Gasteiger partial charge is 0.490 e. The third-order valence-corrected chi connectivity index (χ3v) is 20.5. The number of amides is 1. The number of aliphatic hydroxyl groups is 1. The summed E-state index contributed by atoms with van der Waals surface area (Å²) in [6.07, 6.45) is 9.78. The smallest absolute Gasteiger partial charge is 0.264 e. The van der Waals surface area contributed by atoms with Gasteiger partial charge in [-0.25, -0.2) is 13.1 Å². The van der Waals surface area contributed by atoms with E-state index < -0.39 is 34.6 Å². The van der Waals surface area contributed by atoms with Crippen LogP contribution in [-0.2, 0) is 26.3 Å². The van der Waals surface area contributed by atoms with Crippen molar-refractivity contribution in [1.29, 1.82) is 0 Å². The summed E-state index contributed by atoms with van der Waals surface area (Å²) in [5.41, 5.74) is 1.80. The van der Waals surface area contributed by atoms with Gasteiger partial charge in [-0.15, -0.1) is 0 Å². The predicted molar refractivity (Wildman–Crippen MR) is 214 cm³/mol. The molecule has 0 unspecified atom stereocenters. The van der Waals surface area contributed by atoms with Gasteiger partial charge in [-0.1, -0.05) is 56.4 Å². The third kappa shape index (κ3) is 7.22. The fourth-order valence-electron chi connectivity index (χ4n) is 8.74. The number of benzene rings is 2. The first kappa shape index (κ1) is 38.5. The summed E-state index contributed by atoms with van der Waals surface area (Å²) in [6, 6.07) is 11.4. The lowest BCUT2D eigenvalue weighted by atomic mass is 9.64. The van der Waals surface area contributed by atoms with Gasteiger partial charge in [-0.05, 0) is 129 Å². The maximum atomic E-state index is 13.6. The molecule has 2 fully saturated rings. The topological polar surface area (TPSA) is 105 Å². The standard InChI is InChI=1S/C42H55ClN2O6SSi/c1-39(2,3)53(5,6)51-22-8-7-20-42(47)21-10-12-32-25-40(32,4)52(48,49)44-38(46)30-14-18-37-36(24-30)45(26-31-13-16-35(31)42)27-41(28-50-37)19-9-11-29-23-33(43)15-17-34(29)41/h10,14-15,17-18,21,23-24,31-32,35,47H,8-9,11-13,16,19,22,25-28H2,1-6H3,(H,44,46)/b21-10+/t31-,32+,35+,40+,41-,42+/m0/s1. The Hall–Kier alpha value is -2.81. The number of allylic oxidation sites excluding steroid dienone is 1. The average Bonchev–Trinajstić information content (AvgIpc) is 3.77. The predicted octanol–water partition coefficient (Wildman–Crippen LogP) is 7.78. The number of nitrogens with zero attached hydrogens (tertiary/aromatic N) is 1. The average molecular weight is 780 g/mol. The van der Waals surface area contributed by atoms with Gasteiger partial charge in [-0.2, -0.15) is 0 Å². The van der Waals surface area contributed by atoms with Crippen LogP contribution in [0.25, 0.3) is 0 Å². The van der Waals surface area contributed by atoms with Crippen LogP contribution in [0.1, 0.15) is 94.1 Å². The Labute approximate surface area is 322 Å². The molecule has 2 bridgehead atoms. The Morgan fingerprint density at radius 1 is 1.17 bits per heavy atom. The molecule has 1 spiro atoms. The zero-order chi connectivity index (χ0) is 38.0. The van der Waals surface area contributed by atoms with E-state index in [1.807, 2.05) is 18.2 Å². The highest BCUT2D eigenvalue weighted by atomic mass is 35.5. The summed E-state index contributed by atoms with van der Waals surface area (Å²) < 4.78 is 41.6. The Kier molecular flexibility index (Phi) is 9.97. The van der Waals surface area contributed by atoms with Gasteiger partial charge in [0.25, 0.3) is 5.91 Å². The van der Waals surface area contributed by atoms with Crippen LogP contribution in [0.15, 0.2) is 48.6 Å². The van der Waals surface area contributed by atoms with Crippen LogP contribution >= 0.6 is 11.6 Å². The highest BCUT2D eigenvalue weighted by Crippen LogP contribution is 2.53. The number of nitrogens with one attached hydrogen (secondary N) is 1. The van der Waals surface area contributed by atoms with Gasteiger partial charge in [0.15, 0.2) is 8.32 Å². The molecule has 8 nitrogen and oxygen atoms in total. The number of fused-ring (bicyclic) bond motifs is 5. The Balaban J connectivity index is 1.25. The minimum Gasteiger partial charge on any atom is -0.490 e. The van der Waals surface area contributed by atoms with Crippen LogP contribution in [-0.4, -0.2) is 64.4 Å². The lowest BCUT2D eigenvalue weighted by Gasteiger charge is -2.47. The monoisotopic (exact) mass is 778 g/mol. The summed E-state index contributed by atoms with van der Waals surface area (Å²) in [6.45, 7) is 15.1. The molecule has 2 N–H and O–H groups in total. The van der Waals surface area contributed by atoms with E-state index in [-0.39, 0.29) is 33.8 Å². The van der Waals surface area contributed by atoms with Gasteiger partial charge in [0.1, 0.15) is 11.4 Å². The van der Waals surface area contributed by atoms with Crippen LogP contribution in [0.3, 0.4) is 0 Å². The van der Waals surface area contributed by atoms with Gasteiger partial charge < -0.3 is 19.2 Å². The first-order valence-corrected chi connectivity index (χ1v) is 24.0. The van der Waals surface area contributed by atoms with Crippen molar-refractivity contribution < 1.29 is 27.5 Å². The lowest BCUT2D eigenvalue weighted by Crippen LogP contribution is -2.52. The molecule has 2 aromatic carbocycles. The second kappa shape index (κ2) is 13.7. The Bertz CT molecular complexity index is 1980. The van der Waals surface area contributed by atoms with E-state index >= 15 is 0 Å². The number of aryl methyl sites for hydroxylation is 1. The summed E-state index contributed by atoms with van der Waals surface area (Å²) in [5, 5.41) is 13.3. The molecule has 7 rings (SSSR count). The van der Waals surface area contributed by atoms with E-state index in [9.17, 15) is 18.3 Å². The van der Waals surface area contributed by atoms with Crippen LogP contribution in [0.4, 0.5) is 5.69 Å². The van der Waals surface area contributed by atoms with Crippen molar-refractivity contribution in [2.75, 3.05) is 31.2 Å². The highest BCUT2D eigenvalue weighted by Gasteiger charge is 2.60. The lowest BCUT2D eigenvalue weighted by molar-refractivity contribution is -0.00324. The number of hydrogen-bond acceptors (Lipinski definition) is 7. The quantitative estimate of drug-likeness (QED) is 0.142. The van der Waals surface area contributed by atoms with Crippen LogP contribution in [0, 0.1) is 29.6 Å². The Morgan fingerprint density at radius 2 is 1.96 bits per heavy atom. The summed E-state index contributed by atoms with van der Waals surface area (Å²) in [4.78, 5) is 15.9. The number of sulfonamides is 1. The molecule has 2 aromatic rings. The minimum atomic E-state index is -3.98. The second-order valence-electron chi connectivity index (χ2n) is 18.0. The van der Waals surface area contributed by atoms with E-state index in [2.05, 4.69) is 67.5 Å². The SMILES string of the molecule is CC(C)(C)[Si](C)(C)OCCC#C[C@@]1(O)/C=C/C[C@@H]2C[C@@]2(C)S(=O)(=O)NC(=O)c2ccc3c(c2)N(C[C@@H]2CC[C@H]21)C[C@@]1(CCCc2cc(Cl)ccc21)CO3. The molecule has 5 aliphatic rings. The van der Waals surface area contributed by atoms with Crippen LogP contribution in [0.5, 0.6) is 5.75 Å². The van der Waals surface area contributed by atoms with Crippen molar-refractivity contribution in [3.8, 4) is 17.6 Å². The van der Waals surface area contributed by atoms with E-state index in [0.717, 1.165) is 42.8 Å². The number of carbonyl (C=O) groups is 1. The molecule has 2 heterocycles. The fraction of sp³-hybridized carbons (Fsp3) is 0.595. The normalized spacial score (nSPS) is 32.6. The molecule has 3 aliphatic carbocycles. The molecular weight excluding hydrogens is 724 g/mol. The van der Waals surface area contributed by atoms with E-state index in [0.29, 0.717) is 51.3 Å². The molecule has 0 aromatic heterocycles. The maximum absolute atomic E-state index is 13.6. The van der Waals surface area contributed by atoms with Crippen molar-refractivity contribution in [2.24, 2.45) is 17.8 Å². The van der Waals surface area contributed by atoms with Gasteiger partial charge in [0, 0.05) is 48.0 Å². The fourth-order valence-corrected chi connectivity index (χ4v) is 11.5. The summed E-state index contributed by atoms with van der Waals surface area (Å²) in [7, 11) is -5.91. The number of rotatable bonds is 3. The van der Waals surface area contributed by atoms with Crippen molar-refractivity contribution in [3.63, 3.8) is 0 Å². The first-order valence-electron chi connectivity index (χ1n) is 19.3. The Morgan fingerprint density at radius 3 is 2.70 bits per heavy atom. The molecular formula is C42H55ClN2O6SSi. The summed E-state index contributed by atoms with van der Waals surface area (Å²) >= 11 is 6.47. The van der Waals surface area contributed by atoms with Gasteiger partial charge in [0.2, 0.25) is 10.0 Å². The number of halogens is 1. The number of carbonyl (C=O) groups excluding carboxylic acids is 1. The zero-order valence-electron chi connectivity index (χ0n) is 32.1. The molecule has 0 radical (unpaired) electrons. The van der Waals surface area contributed by atoms with Gasteiger partial charge in [-0.3, -0.25) is 4.79 Å². The van der Waals surface area contributed by atoms with E-state index in [1.165, 1.54) is 11.1 Å². The number of hydrogen-bond donors (Lipinski definition) is 2. The number of ether oxygens (including phenoxy) is 1. The molecule has 286 valence electrons. The van der Waals surface area contributed by atoms with E-state index in [4.69, 9.17) is 20.8 Å². The van der Waals surface area contributed by atoms with Crippen molar-refractivity contribution in [1.82, 2.24) is 4.72 Å². The van der Waals surface area contributed by atoms with Gasteiger partial charge in [0.05, 0.1) is 17.0 Å². The third-order valence-electron chi connectivity index (χ3n) is 13.5. The van der Waals surface area contributed by atoms with Crippen LogP contribution in [0.2, 0.25) is 23.2 Å². The molecule has 11 heteroatoms.